The molecule has 0 N–H and O–H groups in total. The minimum absolute atomic E-state index is 0.00302. The van der Waals surface area contributed by atoms with Crippen LogP contribution in [0.15, 0.2) is 48.7 Å². The molecular formula is C21H28N4O3. The van der Waals surface area contributed by atoms with E-state index in [9.17, 15) is 0 Å². The molecule has 0 radical (unpaired) electrons. The van der Waals surface area contributed by atoms with Crippen LogP contribution >= 0.6 is 0 Å². The third kappa shape index (κ3) is 4.52. The SMILES string of the molecule is C=CCON=C(C(CC1Cc2cc(OC)ccc2O1)n1cncn1)C(C)(C)C. The Hall–Kier alpha value is -2.83. The van der Waals surface area contributed by atoms with Crippen molar-refractivity contribution in [3.05, 3.63) is 49.1 Å². The predicted molar refractivity (Wildman–Crippen MR) is 108 cm³/mol. The summed E-state index contributed by atoms with van der Waals surface area (Å²) in [6.45, 7) is 10.4. The average Bonchev–Trinajstić information content (AvgIpc) is 3.31. The van der Waals surface area contributed by atoms with E-state index in [1.165, 1.54) is 6.33 Å². The molecule has 150 valence electrons. The van der Waals surface area contributed by atoms with Crippen LogP contribution in [0.2, 0.25) is 0 Å². The maximum Gasteiger partial charge on any atom is 0.137 e. The van der Waals surface area contributed by atoms with Crippen LogP contribution in [0.5, 0.6) is 11.5 Å². The molecule has 1 aliphatic heterocycles. The molecule has 1 aromatic heterocycles. The van der Waals surface area contributed by atoms with Crippen LogP contribution in [-0.4, -0.2) is 40.3 Å². The first-order valence-corrected chi connectivity index (χ1v) is 9.41. The average molecular weight is 384 g/mol. The Morgan fingerprint density at radius 2 is 2.29 bits per heavy atom. The molecule has 2 atom stereocenters. The molecule has 0 saturated carbocycles. The highest BCUT2D eigenvalue weighted by Gasteiger charge is 2.35. The van der Waals surface area contributed by atoms with Crippen molar-refractivity contribution in [3.63, 3.8) is 0 Å². The van der Waals surface area contributed by atoms with E-state index < -0.39 is 0 Å². The lowest BCUT2D eigenvalue weighted by molar-refractivity contribution is 0.163. The summed E-state index contributed by atoms with van der Waals surface area (Å²) < 4.78 is 13.4. The summed E-state index contributed by atoms with van der Waals surface area (Å²) in [4.78, 5) is 9.58. The van der Waals surface area contributed by atoms with Crippen LogP contribution in [0, 0.1) is 5.41 Å². The van der Waals surface area contributed by atoms with Gasteiger partial charge in [-0.25, -0.2) is 9.67 Å². The van der Waals surface area contributed by atoms with Gasteiger partial charge < -0.3 is 14.3 Å². The zero-order valence-electron chi connectivity index (χ0n) is 17.0. The van der Waals surface area contributed by atoms with E-state index in [4.69, 9.17) is 14.3 Å². The van der Waals surface area contributed by atoms with E-state index in [2.05, 4.69) is 42.6 Å². The molecule has 7 nitrogen and oxygen atoms in total. The van der Waals surface area contributed by atoms with Gasteiger partial charge in [0.1, 0.15) is 36.9 Å². The normalized spacial score (nSPS) is 17.6. The maximum absolute atomic E-state index is 6.19. The predicted octanol–water partition coefficient (Wildman–Crippen LogP) is 3.83. The zero-order valence-corrected chi connectivity index (χ0v) is 17.0. The van der Waals surface area contributed by atoms with Crippen LogP contribution in [0.3, 0.4) is 0 Å². The van der Waals surface area contributed by atoms with Crippen molar-refractivity contribution >= 4 is 5.71 Å². The van der Waals surface area contributed by atoms with Crippen LogP contribution in [0.4, 0.5) is 0 Å². The molecule has 0 bridgehead atoms. The Labute approximate surface area is 166 Å². The summed E-state index contributed by atoms with van der Waals surface area (Å²) >= 11 is 0. The summed E-state index contributed by atoms with van der Waals surface area (Å²) in [5.74, 6) is 1.74. The number of fused-ring (bicyclic) bond motifs is 1. The van der Waals surface area contributed by atoms with Crippen molar-refractivity contribution in [1.82, 2.24) is 14.8 Å². The number of methoxy groups -OCH3 is 1. The third-order valence-corrected chi connectivity index (χ3v) is 4.69. The summed E-state index contributed by atoms with van der Waals surface area (Å²) in [5, 5.41) is 8.81. The molecule has 7 heteroatoms. The van der Waals surface area contributed by atoms with Crippen molar-refractivity contribution in [1.29, 1.82) is 0 Å². The van der Waals surface area contributed by atoms with Crippen molar-refractivity contribution in [2.75, 3.05) is 13.7 Å². The Morgan fingerprint density at radius 3 is 2.93 bits per heavy atom. The fourth-order valence-electron chi connectivity index (χ4n) is 3.38. The van der Waals surface area contributed by atoms with Gasteiger partial charge in [-0.05, 0) is 18.2 Å². The van der Waals surface area contributed by atoms with Gasteiger partial charge in [0.05, 0.1) is 18.9 Å². The summed E-state index contributed by atoms with van der Waals surface area (Å²) in [6.07, 6.45) is 6.44. The van der Waals surface area contributed by atoms with Gasteiger partial charge in [-0.3, -0.25) is 0 Å². The fraction of sp³-hybridized carbons (Fsp3) is 0.476. The minimum Gasteiger partial charge on any atom is -0.497 e. The molecule has 0 spiro atoms. The van der Waals surface area contributed by atoms with Gasteiger partial charge in [0.2, 0.25) is 0 Å². The molecule has 0 saturated heterocycles. The van der Waals surface area contributed by atoms with Gasteiger partial charge in [0.15, 0.2) is 0 Å². The first-order chi connectivity index (χ1) is 13.4. The Bertz CT molecular complexity index is 825. The smallest absolute Gasteiger partial charge is 0.137 e. The number of benzene rings is 1. The van der Waals surface area contributed by atoms with Gasteiger partial charge >= 0.3 is 0 Å². The van der Waals surface area contributed by atoms with E-state index in [1.54, 1.807) is 19.5 Å². The molecule has 2 unspecified atom stereocenters. The maximum atomic E-state index is 6.19. The van der Waals surface area contributed by atoms with Crippen molar-refractivity contribution in [2.24, 2.45) is 10.6 Å². The summed E-state index contributed by atoms with van der Waals surface area (Å²) in [6, 6.07) is 5.78. The second-order valence-corrected chi connectivity index (χ2v) is 7.86. The van der Waals surface area contributed by atoms with Crippen molar-refractivity contribution < 1.29 is 14.3 Å². The molecule has 0 aliphatic carbocycles. The summed E-state index contributed by atoms with van der Waals surface area (Å²) in [5.41, 5.74) is 1.82. The number of ether oxygens (including phenoxy) is 2. The van der Waals surface area contributed by atoms with Gasteiger partial charge in [0, 0.05) is 23.8 Å². The van der Waals surface area contributed by atoms with Gasteiger partial charge in [0.25, 0.3) is 0 Å². The highest BCUT2D eigenvalue weighted by atomic mass is 16.6. The van der Waals surface area contributed by atoms with Crippen molar-refractivity contribution in [3.8, 4) is 11.5 Å². The Morgan fingerprint density at radius 1 is 1.46 bits per heavy atom. The molecule has 28 heavy (non-hydrogen) atoms. The third-order valence-electron chi connectivity index (χ3n) is 4.69. The highest BCUT2D eigenvalue weighted by molar-refractivity contribution is 5.92. The lowest BCUT2D eigenvalue weighted by atomic mass is 9.83. The van der Waals surface area contributed by atoms with Gasteiger partial charge in [-0.15, -0.1) is 0 Å². The quantitative estimate of drug-likeness (QED) is 0.299. The number of nitrogens with zero attached hydrogens (tertiary/aromatic N) is 4. The number of aromatic nitrogens is 3. The second-order valence-electron chi connectivity index (χ2n) is 7.86. The number of hydrogen-bond donors (Lipinski definition) is 0. The Kier molecular flexibility index (Phi) is 6.02. The molecule has 3 rings (SSSR count). The molecule has 1 aromatic carbocycles. The van der Waals surface area contributed by atoms with E-state index in [0.717, 1.165) is 29.2 Å². The van der Waals surface area contributed by atoms with E-state index in [0.29, 0.717) is 13.0 Å². The molecule has 2 heterocycles. The van der Waals surface area contributed by atoms with Crippen LogP contribution < -0.4 is 9.47 Å². The van der Waals surface area contributed by atoms with Gasteiger partial charge in [-0.2, -0.15) is 5.10 Å². The Balaban J connectivity index is 1.85. The molecule has 0 fully saturated rings. The lowest BCUT2D eigenvalue weighted by Crippen LogP contribution is -2.35. The van der Waals surface area contributed by atoms with Crippen LogP contribution in [0.1, 0.15) is 38.8 Å². The standard InChI is InChI=1S/C21H28N4O3/c1-6-9-27-24-20(21(2,3)4)18(25-14-22-13-23-25)12-17-11-15-10-16(26-5)7-8-19(15)28-17/h6-8,10,13-14,17-18H,1,9,11-12H2,2-5H3. The first-order valence-electron chi connectivity index (χ1n) is 9.41. The lowest BCUT2D eigenvalue weighted by Gasteiger charge is -2.29. The van der Waals surface area contributed by atoms with E-state index >= 15 is 0 Å². The molecule has 2 aromatic rings. The van der Waals surface area contributed by atoms with E-state index in [-0.39, 0.29) is 17.6 Å². The largest absolute Gasteiger partial charge is 0.497 e. The van der Waals surface area contributed by atoms with Crippen LogP contribution in [-0.2, 0) is 11.3 Å². The topological polar surface area (TPSA) is 70.8 Å². The fourth-order valence-corrected chi connectivity index (χ4v) is 3.38. The van der Waals surface area contributed by atoms with E-state index in [1.807, 2.05) is 22.9 Å². The first kappa shape index (κ1) is 19.9. The number of hydrogen-bond acceptors (Lipinski definition) is 6. The molecule has 0 amide bonds. The number of rotatable bonds is 8. The van der Waals surface area contributed by atoms with Crippen LogP contribution in [0.25, 0.3) is 0 Å². The van der Waals surface area contributed by atoms with Crippen molar-refractivity contribution in [2.45, 2.75) is 45.8 Å². The monoisotopic (exact) mass is 384 g/mol. The number of oxime groups is 1. The molecular weight excluding hydrogens is 356 g/mol. The zero-order chi connectivity index (χ0) is 20.1. The molecule has 1 aliphatic rings. The minimum atomic E-state index is -0.216. The summed E-state index contributed by atoms with van der Waals surface area (Å²) in [7, 11) is 1.67. The van der Waals surface area contributed by atoms with Gasteiger partial charge in [-0.1, -0.05) is 38.6 Å². The highest BCUT2D eigenvalue weighted by Crippen LogP contribution is 2.36. The second kappa shape index (κ2) is 8.46.